The molecular formula is C31H41N3O4. The molecule has 1 saturated heterocycles. The van der Waals surface area contributed by atoms with Gasteiger partial charge in [0.15, 0.2) is 0 Å². The molecule has 2 aliphatic rings. The lowest BCUT2D eigenvalue weighted by molar-refractivity contribution is -0.136. The van der Waals surface area contributed by atoms with Crippen LogP contribution < -0.4 is 9.47 Å². The summed E-state index contributed by atoms with van der Waals surface area (Å²) in [4.78, 5) is 32.6. The van der Waals surface area contributed by atoms with Crippen LogP contribution in [-0.4, -0.2) is 73.0 Å². The van der Waals surface area contributed by atoms with Gasteiger partial charge in [-0.05, 0) is 55.9 Å². The molecular weight excluding hydrogens is 478 g/mol. The van der Waals surface area contributed by atoms with E-state index in [2.05, 4.69) is 23.1 Å². The predicted molar refractivity (Wildman–Crippen MR) is 149 cm³/mol. The van der Waals surface area contributed by atoms with Crippen molar-refractivity contribution in [2.45, 2.75) is 39.8 Å². The molecule has 204 valence electrons. The number of carbonyl (C=O) groups is 2. The van der Waals surface area contributed by atoms with Gasteiger partial charge in [0, 0.05) is 51.3 Å². The standard InChI is InChI=1S/C31H41N3O4/c1-4-33(5-2)30(35)19-25-16-17-34-22-26(25)10-8-18-38-29-11-7-6-9-27(29)21-32(23-31(34)36)20-24-12-14-28(37-3)15-13-24/h6-15,25-26H,4-5,16-23H2,1-3H3/t25-,26-/m0/s1. The molecule has 2 aromatic carbocycles. The molecule has 2 bridgehead atoms. The van der Waals surface area contributed by atoms with Gasteiger partial charge in [-0.15, -0.1) is 0 Å². The normalized spacial score (nSPS) is 20.4. The SMILES string of the molecule is CCN(CC)C(=O)C[C@@H]1CCN2C[C@@H]1C=CCOc1ccccc1CN(Cc1ccc(OC)cc1)CC2=O. The molecule has 2 amide bonds. The van der Waals surface area contributed by atoms with Gasteiger partial charge in [-0.1, -0.05) is 42.5 Å². The van der Waals surface area contributed by atoms with E-state index in [1.54, 1.807) is 7.11 Å². The van der Waals surface area contributed by atoms with Crippen molar-refractivity contribution in [1.82, 2.24) is 14.7 Å². The van der Waals surface area contributed by atoms with Crippen molar-refractivity contribution in [1.29, 1.82) is 0 Å². The summed E-state index contributed by atoms with van der Waals surface area (Å²) >= 11 is 0. The third-order valence-electron chi connectivity index (χ3n) is 7.72. The molecule has 38 heavy (non-hydrogen) atoms. The van der Waals surface area contributed by atoms with Crippen molar-refractivity contribution in [3.05, 3.63) is 71.8 Å². The monoisotopic (exact) mass is 519 g/mol. The summed E-state index contributed by atoms with van der Waals surface area (Å²) in [6.45, 7) is 8.84. The number of ether oxygens (including phenoxy) is 2. The van der Waals surface area contributed by atoms with Crippen LogP contribution in [0.5, 0.6) is 11.5 Å². The number of fused-ring (bicyclic) bond motifs is 3. The molecule has 0 radical (unpaired) electrons. The van der Waals surface area contributed by atoms with E-state index in [0.29, 0.717) is 45.8 Å². The van der Waals surface area contributed by atoms with Crippen LogP contribution in [0.1, 0.15) is 37.8 Å². The molecule has 0 spiro atoms. The molecule has 7 nitrogen and oxygen atoms in total. The number of methoxy groups -OCH3 is 1. The number of nitrogens with zero attached hydrogens (tertiary/aromatic N) is 3. The average molecular weight is 520 g/mol. The summed E-state index contributed by atoms with van der Waals surface area (Å²) in [6, 6.07) is 16.0. The van der Waals surface area contributed by atoms with E-state index in [1.165, 1.54) is 0 Å². The maximum absolute atomic E-state index is 13.6. The molecule has 0 saturated carbocycles. The Kier molecular flexibility index (Phi) is 9.82. The van der Waals surface area contributed by atoms with E-state index < -0.39 is 0 Å². The van der Waals surface area contributed by atoms with Gasteiger partial charge >= 0.3 is 0 Å². The number of carbonyl (C=O) groups excluding carboxylic acids is 2. The molecule has 4 rings (SSSR count). The smallest absolute Gasteiger partial charge is 0.236 e. The van der Waals surface area contributed by atoms with Gasteiger partial charge in [-0.25, -0.2) is 0 Å². The molecule has 1 fully saturated rings. The van der Waals surface area contributed by atoms with E-state index in [1.807, 2.05) is 66.1 Å². The summed E-state index contributed by atoms with van der Waals surface area (Å²) < 4.78 is 11.5. The highest BCUT2D eigenvalue weighted by Gasteiger charge is 2.33. The summed E-state index contributed by atoms with van der Waals surface area (Å²) in [7, 11) is 1.66. The number of hydrogen-bond donors (Lipinski definition) is 0. The minimum Gasteiger partial charge on any atom is -0.497 e. The lowest BCUT2D eigenvalue weighted by Gasteiger charge is -2.38. The summed E-state index contributed by atoms with van der Waals surface area (Å²) in [5.41, 5.74) is 2.18. The Balaban J connectivity index is 1.56. The Bertz CT molecular complexity index is 1100. The van der Waals surface area contributed by atoms with Crippen LogP contribution >= 0.6 is 0 Å². The summed E-state index contributed by atoms with van der Waals surface area (Å²) in [6.07, 6.45) is 5.56. The van der Waals surface area contributed by atoms with Gasteiger partial charge in [-0.2, -0.15) is 0 Å². The highest BCUT2D eigenvalue weighted by Crippen LogP contribution is 2.30. The number of amides is 2. The highest BCUT2D eigenvalue weighted by atomic mass is 16.5. The first-order chi connectivity index (χ1) is 18.5. The van der Waals surface area contributed by atoms with E-state index in [0.717, 1.165) is 42.1 Å². The first-order valence-electron chi connectivity index (χ1n) is 13.8. The second kappa shape index (κ2) is 13.5. The molecule has 0 aromatic heterocycles. The van der Waals surface area contributed by atoms with Crippen LogP contribution in [0, 0.1) is 11.8 Å². The molecule has 0 aliphatic carbocycles. The van der Waals surface area contributed by atoms with Crippen LogP contribution in [0.4, 0.5) is 0 Å². The zero-order valence-corrected chi connectivity index (χ0v) is 23.0. The number of rotatable bonds is 7. The van der Waals surface area contributed by atoms with Crippen LogP contribution in [0.25, 0.3) is 0 Å². The zero-order chi connectivity index (χ0) is 26.9. The van der Waals surface area contributed by atoms with Crippen molar-refractivity contribution in [3.8, 4) is 11.5 Å². The second-order valence-electron chi connectivity index (χ2n) is 10.2. The third-order valence-corrected chi connectivity index (χ3v) is 7.72. The van der Waals surface area contributed by atoms with Gasteiger partial charge in [0.1, 0.15) is 18.1 Å². The van der Waals surface area contributed by atoms with Gasteiger partial charge in [0.2, 0.25) is 11.8 Å². The zero-order valence-electron chi connectivity index (χ0n) is 23.0. The fourth-order valence-electron chi connectivity index (χ4n) is 5.49. The Morgan fingerprint density at radius 2 is 1.84 bits per heavy atom. The van der Waals surface area contributed by atoms with Crippen molar-refractivity contribution >= 4 is 11.8 Å². The van der Waals surface area contributed by atoms with E-state index in [4.69, 9.17) is 9.47 Å². The highest BCUT2D eigenvalue weighted by molar-refractivity contribution is 5.79. The summed E-state index contributed by atoms with van der Waals surface area (Å²) in [5.74, 6) is 2.32. The van der Waals surface area contributed by atoms with Crippen molar-refractivity contribution in [2.24, 2.45) is 11.8 Å². The van der Waals surface area contributed by atoms with Gasteiger partial charge in [-0.3, -0.25) is 14.5 Å². The fourth-order valence-corrected chi connectivity index (χ4v) is 5.49. The van der Waals surface area contributed by atoms with Crippen molar-refractivity contribution in [3.63, 3.8) is 0 Å². The maximum atomic E-state index is 13.6. The Labute approximate surface area is 227 Å². The Hall–Kier alpha value is -3.32. The lowest BCUT2D eigenvalue weighted by atomic mass is 9.82. The molecule has 2 aromatic rings. The van der Waals surface area contributed by atoms with Crippen LogP contribution in [0.15, 0.2) is 60.7 Å². The van der Waals surface area contributed by atoms with E-state index in [9.17, 15) is 9.59 Å². The number of para-hydroxylation sites is 1. The average Bonchev–Trinajstić information content (AvgIpc) is 2.94. The largest absolute Gasteiger partial charge is 0.497 e. The molecule has 0 unspecified atom stereocenters. The molecule has 2 heterocycles. The minimum atomic E-state index is 0.127. The topological polar surface area (TPSA) is 62.3 Å². The molecule has 7 heteroatoms. The van der Waals surface area contributed by atoms with E-state index >= 15 is 0 Å². The number of benzene rings is 2. The van der Waals surface area contributed by atoms with Crippen molar-refractivity contribution < 1.29 is 19.1 Å². The second-order valence-corrected chi connectivity index (χ2v) is 10.2. The van der Waals surface area contributed by atoms with Crippen LogP contribution in [-0.2, 0) is 22.7 Å². The van der Waals surface area contributed by atoms with Gasteiger partial charge < -0.3 is 19.3 Å². The third kappa shape index (κ3) is 7.16. The maximum Gasteiger partial charge on any atom is 0.236 e. The van der Waals surface area contributed by atoms with Gasteiger partial charge in [0.05, 0.1) is 13.7 Å². The van der Waals surface area contributed by atoms with Crippen molar-refractivity contribution in [2.75, 3.05) is 46.4 Å². The Morgan fingerprint density at radius 3 is 2.58 bits per heavy atom. The van der Waals surface area contributed by atoms with Gasteiger partial charge in [0.25, 0.3) is 0 Å². The predicted octanol–water partition coefficient (Wildman–Crippen LogP) is 4.37. The number of piperidine rings is 1. The number of hydrogen-bond acceptors (Lipinski definition) is 5. The van der Waals surface area contributed by atoms with E-state index in [-0.39, 0.29) is 23.7 Å². The molecule has 2 atom stereocenters. The Morgan fingerprint density at radius 1 is 1.08 bits per heavy atom. The lowest BCUT2D eigenvalue weighted by Crippen LogP contribution is -2.48. The first-order valence-corrected chi connectivity index (χ1v) is 13.8. The fraction of sp³-hybridized carbons (Fsp3) is 0.484. The van der Waals surface area contributed by atoms with Crippen LogP contribution in [0.2, 0.25) is 0 Å². The minimum absolute atomic E-state index is 0.127. The quantitative estimate of drug-likeness (QED) is 0.509. The van der Waals surface area contributed by atoms with Crippen LogP contribution in [0.3, 0.4) is 0 Å². The first kappa shape index (κ1) is 27.7. The summed E-state index contributed by atoms with van der Waals surface area (Å²) in [5, 5.41) is 0. The molecule has 0 N–H and O–H groups in total. The molecule has 2 aliphatic heterocycles.